The third-order valence-corrected chi connectivity index (χ3v) is 3.40. The van der Waals surface area contributed by atoms with Crippen LogP contribution in [0.25, 0.3) is 11.5 Å². The Hall–Kier alpha value is -3.00. The Labute approximate surface area is 139 Å². The summed E-state index contributed by atoms with van der Waals surface area (Å²) in [6.07, 6.45) is 2.60. The van der Waals surface area contributed by atoms with Gasteiger partial charge in [-0.2, -0.15) is 0 Å². The molecule has 0 saturated heterocycles. The Balaban J connectivity index is 1.77. The maximum absolute atomic E-state index is 13.1. The third-order valence-electron chi connectivity index (χ3n) is 3.11. The molecule has 1 amide bonds. The quantitative estimate of drug-likeness (QED) is 0.781. The fraction of sp³-hybridized carbons (Fsp3) is 0.0667. The van der Waals surface area contributed by atoms with Crippen LogP contribution in [0.3, 0.4) is 0 Å². The van der Waals surface area contributed by atoms with Gasteiger partial charge < -0.3 is 14.3 Å². The second-order valence-electron chi connectivity index (χ2n) is 4.80. The number of anilines is 1. The van der Waals surface area contributed by atoms with Gasteiger partial charge in [0.1, 0.15) is 12.4 Å². The number of aromatic nitrogens is 3. The third kappa shape index (κ3) is 3.49. The fourth-order valence-electron chi connectivity index (χ4n) is 2.01. The van der Waals surface area contributed by atoms with Crippen molar-refractivity contribution in [1.29, 1.82) is 0 Å². The monoisotopic (exact) mass is 348 g/mol. The number of carbonyl (C=O) groups excluding carboxylic acids is 1. The molecule has 7 nitrogen and oxygen atoms in total. The van der Waals surface area contributed by atoms with Crippen molar-refractivity contribution in [3.8, 4) is 11.5 Å². The van der Waals surface area contributed by atoms with Crippen molar-refractivity contribution < 1.29 is 13.6 Å². The van der Waals surface area contributed by atoms with E-state index < -0.39 is 11.7 Å². The van der Waals surface area contributed by atoms with Crippen molar-refractivity contribution in [1.82, 2.24) is 14.8 Å². The Kier molecular flexibility index (Phi) is 4.39. The molecule has 0 bridgehead atoms. The topological polar surface area (TPSA) is 90.0 Å². The number of hydrogen-bond acceptors (Lipinski definition) is 5. The summed E-state index contributed by atoms with van der Waals surface area (Å²) in [6.45, 7) is -0.240. The number of amides is 1. The Morgan fingerprint density at radius 2 is 2.17 bits per heavy atom. The van der Waals surface area contributed by atoms with Crippen LogP contribution in [-0.4, -0.2) is 20.7 Å². The molecule has 1 N–H and O–H groups in total. The van der Waals surface area contributed by atoms with Gasteiger partial charge in [-0.3, -0.25) is 9.59 Å². The van der Waals surface area contributed by atoms with Gasteiger partial charge in [-0.05, 0) is 24.3 Å². The van der Waals surface area contributed by atoms with E-state index in [9.17, 15) is 14.0 Å². The second kappa shape index (κ2) is 6.63. The number of pyridine rings is 1. The van der Waals surface area contributed by atoms with Crippen molar-refractivity contribution >= 4 is 23.2 Å². The molecule has 0 atom stereocenters. The predicted octanol–water partition coefficient (Wildman–Crippen LogP) is 2.33. The molecule has 0 aliphatic carbocycles. The first-order valence-electron chi connectivity index (χ1n) is 6.75. The fourth-order valence-corrected chi connectivity index (χ4v) is 2.19. The van der Waals surface area contributed by atoms with Crippen molar-refractivity contribution in [3.63, 3.8) is 0 Å². The summed E-state index contributed by atoms with van der Waals surface area (Å²) >= 11 is 5.66. The molecule has 2 aromatic heterocycles. The average Bonchev–Trinajstić information content (AvgIpc) is 3.07. The van der Waals surface area contributed by atoms with Gasteiger partial charge in [0.25, 0.3) is 5.56 Å². The Morgan fingerprint density at radius 1 is 1.33 bits per heavy atom. The molecule has 0 spiro atoms. The first-order valence-corrected chi connectivity index (χ1v) is 7.12. The van der Waals surface area contributed by atoms with Gasteiger partial charge in [-0.25, -0.2) is 4.39 Å². The molecule has 3 aromatic rings. The van der Waals surface area contributed by atoms with Gasteiger partial charge in [-0.1, -0.05) is 11.6 Å². The van der Waals surface area contributed by atoms with E-state index in [0.717, 1.165) is 12.5 Å². The summed E-state index contributed by atoms with van der Waals surface area (Å²) in [4.78, 5) is 23.9. The lowest BCUT2D eigenvalue weighted by Crippen LogP contribution is -2.26. The smallest absolute Gasteiger partial charge is 0.251 e. The van der Waals surface area contributed by atoms with E-state index >= 15 is 0 Å². The maximum Gasteiger partial charge on any atom is 0.251 e. The molecular formula is C15H10ClFN4O3. The van der Waals surface area contributed by atoms with Crippen LogP contribution < -0.4 is 10.9 Å². The van der Waals surface area contributed by atoms with Crippen LogP contribution in [0.5, 0.6) is 0 Å². The SMILES string of the molecule is O=C(Cn1cc(-c2nnco2)ccc1=O)Nc1ccc(F)c(Cl)c1. The van der Waals surface area contributed by atoms with Gasteiger partial charge in [0.05, 0.1) is 10.6 Å². The first-order chi connectivity index (χ1) is 11.5. The van der Waals surface area contributed by atoms with E-state index in [4.69, 9.17) is 16.0 Å². The van der Waals surface area contributed by atoms with Gasteiger partial charge in [0.15, 0.2) is 0 Å². The summed E-state index contributed by atoms with van der Waals surface area (Å²) in [6, 6.07) is 6.61. The summed E-state index contributed by atoms with van der Waals surface area (Å²) in [7, 11) is 0. The predicted molar refractivity (Wildman–Crippen MR) is 84.0 cm³/mol. The number of halogens is 2. The first kappa shape index (κ1) is 15.9. The molecule has 0 aliphatic rings. The van der Waals surface area contributed by atoms with Crippen LogP contribution in [0, 0.1) is 5.82 Å². The lowest BCUT2D eigenvalue weighted by Gasteiger charge is -2.08. The van der Waals surface area contributed by atoms with E-state index in [-0.39, 0.29) is 23.0 Å². The molecule has 122 valence electrons. The largest absolute Gasteiger partial charge is 0.423 e. The van der Waals surface area contributed by atoms with Gasteiger partial charge in [-0.15, -0.1) is 10.2 Å². The maximum atomic E-state index is 13.1. The highest BCUT2D eigenvalue weighted by Gasteiger charge is 2.10. The lowest BCUT2D eigenvalue weighted by atomic mass is 10.3. The number of nitrogens with zero attached hydrogens (tertiary/aromatic N) is 3. The number of nitrogens with one attached hydrogen (secondary N) is 1. The van der Waals surface area contributed by atoms with E-state index in [1.54, 1.807) is 0 Å². The summed E-state index contributed by atoms with van der Waals surface area (Å²) < 4.78 is 19.4. The van der Waals surface area contributed by atoms with Gasteiger partial charge >= 0.3 is 0 Å². The molecule has 0 fully saturated rings. The number of hydrogen-bond donors (Lipinski definition) is 1. The van der Waals surface area contributed by atoms with Crippen LogP contribution in [-0.2, 0) is 11.3 Å². The zero-order chi connectivity index (χ0) is 17.1. The molecule has 2 heterocycles. The van der Waals surface area contributed by atoms with Crippen LogP contribution >= 0.6 is 11.6 Å². The molecular weight excluding hydrogens is 339 g/mol. The highest BCUT2D eigenvalue weighted by molar-refractivity contribution is 6.31. The molecule has 0 radical (unpaired) electrons. The Bertz CT molecular complexity index is 940. The molecule has 24 heavy (non-hydrogen) atoms. The normalized spacial score (nSPS) is 10.6. The van der Waals surface area contributed by atoms with Crippen LogP contribution in [0.1, 0.15) is 0 Å². The summed E-state index contributed by atoms with van der Waals surface area (Å²) in [5, 5.41) is 9.73. The number of rotatable bonds is 4. The van der Waals surface area contributed by atoms with Crippen LogP contribution in [0.4, 0.5) is 10.1 Å². The van der Waals surface area contributed by atoms with Crippen molar-refractivity contribution in [3.05, 3.63) is 64.1 Å². The standard InChI is InChI=1S/C15H10ClFN4O3/c16-11-5-10(2-3-12(11)17)19-13(22)7-21-6-9(1-4-14(21)23)15-20-18-8-24-15/h1-6,8H,7H2,(H,19,22). The van der Waals surface area contributed by atoms with Crippen LogP contribution in [0.2, 0.25) is 5.02 Å². The van der Waals surface area contributed by atoms with Crippen molar-refractivity contribution in [2.75, 3.05) is 5.32 Å². The summed E-state index contributed by atoms with van der Waals surface area (Å²) in [5.74, 6) is -0.824. The number of benzene rings is 1. The second-order valence-corrected chi connectivity index (χ2v) is 5.21. The molecule has 0 saturated carbocycles. The molecule has 0 unspecified atom stereocenters. The minimum atomic E-state index is -0.585. The highest BCUT2D eigenvalue weighted by atomic mass is 35.5. The minimum Gasteiger partial charge on any atom is -0.423 e. The summed E-state index contributed by atoms with van der Waals surface area (Å²) in [5.41, 5.74) is 0.461. The molecule has 3 rings (SSSR count). The van der Waals surface area contributed by atoms with Crippen molar-refractivity contribution in [2.45, 2.75) is 6.54 Å². The average molecular weight is 349 g/mol. The molecule has 9 heteroatoms. The van der Waals surface area contributed by atoms with E-state index in [1.165, 1.54) is 35.0 Å². The zero-order valence-electron chi connectivity index (χ0n) is 12.1. The van der Waals surface area contributed by atoms with E-state index in [0.29, 0.717) is 11.3 Å². The van der Waals surface area contributed by atoms with Gasteiger partial charge in [0.2, 0.25) is 18.2 Å². The van der Waals surface area contributed by atoms with Crippen molar-refractivity contribution in [2.24, 2.45) is 0 Å². The zero-order valence-corrected chi connectivity index (χ0v) is 12.8. The van der Waals surface area contributed by atoms with E-state index in [1.807, 2.05) is 0 Å². The lowest BCUT2D eigenvalue weighted by molar-refractivity contribution is -0.116. The Morgan fingerprint density at radius 3 is 2.88 bits per heavy atom. The minimum absolute atomic E-state index is 0.108. The number of carbonyl (C=O) groups is 1. The van der Waals surface area contributed by atoms with Gasteiger partial charge in [0, 0.05) is 18.0 Å². The highest BCUT2D eigenvalue weighted by Crippen LogP contribution is 2.19. The molecule has 1 aromatic carbocycles. The molecule has 0 aliphatic heterocycles. The van der Waals surface area contributed by atoms with Crippen LogP contribution in [0.15, 0.2) is 52.1 Å². The van der Waals surface area contributed by atoms with E-state index in [2.05, 4.69) is 15.5 Å².